The summed E-state index contributed by atoms with van der Waals surface area (Å²) in [6, 6.07) is 60.1. The van der Waals surface area contributed by atoms with E-state index in [0.29, 0.717) is 41.0 Å². The molecule has 9 N–H and O–H groups in total. The lowest BCUT2D eigenvalue weighted by atomic mass is 10.0. The topological polar surface area (TPSA) is 406 Å². The molecule has 32 nitrogen and oxygen atoms in total. The number of aromatic amines is 8. The molecule has 0 fully saturated rings. The molecule has 0 bridgehead atoms. The van der Waals surface area contributed by atoms with E-state index in [1.807, 2.05) is 201 Å². The maximum absolute atomic E-state index is 12.8. The van der Waals surface area contributed by atoms with Gasteiger partial charge in [0.2, 0.25) is 0 Å². The predicted molar refractivity (Wildman–Crippen MR) is 532 cm³/mol. The van der Waals surface area contributed by atoms with Crippen LogP contribution in [0.2, 0.25) is 0 Å². The highest BCUT2D eigenvalue weighted by atomic mass is 32.2. The van der Waals surface area contributed by atoms with Crippen molar-refractivity contribution in [2.45, 2.75) is 26.0 Å². The number of pyridine rings is 5. The molecule has 0 aliphatic heterocycles. The number of amides is 1. The lowest BCUT2D eigenvalue weighted by Crippen LogP contribution is -2.23. The summed E-state index contributed by atoms with van der Waals surface area (Å²) in [6.07, 6.45) is 37.7. The predicted octanol–water partition coefficient (Wildman–Crippen LogP) is 17.7. The smallest absolute Gasteiger partial charge is 0.338 e. The molecule has 34 heteroatoms. The van der Waals surface area contributed by atoms with Crippen LogP contribution in [-0.4, -0.2) is 190 Å². The third kappa shape index (κ3) is 20.3. The van der Waals surface area contributed by atoms with E-state index in [1.165, 1.54) is 10.9 Å². The van der Waals surface area contributed by atoms with Gasteiger partial charge < -0.3 is 44.7 Å². The Morgan fingerprint density at radius 2 is 0.801 bits per heavy atom. The first-order valence-corrected chi connectivity index (χ1v) is 46.9. The van der Waals surface area contributed by atoms with E-state index in [9.17, 15) is 31.2 Å². The summed E-state index contributed by atoms with van der Waals surface area (Å²) in [6.45, 7) is 4.88. The van der Waals surface area contributed by atoms with Crippen LogP contribution in [0.25, 0.3) is 155 Å². The number of carbonyl (C=O) groups is 3. The number of nitrogens with one attached hydrogen (secondary N) is 9. The number of H-pyrrole nitrogens is 8. The molecule has 15 heterocycles. The molecule has 0 spiro atoms. The minimum absolute atomic E-state index is 0.0418. The molecule has 136 heavy (non-hydrogen) atoms. The number of anilines is 3. The van der Waals surface area contributed by atoms with Crippen molar-refractivity contribution < 1.29 is 40.9 Å². The van der Waals surface area contributed by atoms with Crippen LogP contribution < -0.4 is 25.0 Å². The Morgan fingerprint density at radius 3 is 1.23 bits per heavy atom. The lowest BCUT2D eigenvalue weighted by molar-refractivity contribution is -0.346. The maximum Gasteiger partial charge on any atom is 0.338 e. The first kappa shape index (κ1) is 90.7. The molecular formula is C102H95N24O8S2+. The first-order valence-electron chi connectivity index (χ1n) is 43.4. The average Bonchev–Trinajstić information content (AvgIpc) is 1.64. The SMILES string of the molecule is CCCNC(=O)c1ccc(-c2cnc3[nH]cc(-c4cn[nH]c4)c3c2)cc1.CCOC(=O)c1ccc(-c2cnc3[nH]cc(-c4cn[nH]c4)c3c2)cc1.CN(C)c1c[nH+]c2[nH]cc(-c3cnn(C(=O)c4ccccc4)c3)c2c1.CN(C)c1ccc(-c2cnc3[nH]cc(-c4cnn(S(=O)(=O)Cc5ccccc5)c4)c3c2)cc1.CN(C)c1ccc(-c2cnc3[nH]cc(-c4cnn(S(C)(=O)=O)c4)c3c2)cc1. The highest BCUT2D eigenvalue weighted by Crippen LogP contribution is 2.38. The second kappa shape index (κ2) is 39.8. The molecule has 0 saturated carbocycles. The average molecular weight is 1850 g/mol. The van der Waals surface area contributed by atoms with Crippen molar-refractivity contribution >= 4 is 110 Å². The highest BCUT2D eigenvalue weighted by Gasteiger charge is 2.23. The highest BCUT2D eigenvalue weighted by molar-refractivity contribution is 7.89. The van der Waals surface area contributed by atoms with Gasteiger partial charge in [0.15, 0.2) is 0 Å². The fraction of sp³-hybridized carbons (Fsp3) is 0.127. The van der Waals surface area contributed by atoms with E-state index >= 15 is 0 Å². The fourth-order valence-electron chi connectivity index (χ4n) is 15.4. The number of hydrogen-bond acceptors (Lipinski definition) is 20. The van der Waals surface area contributed by atoms with Gasteiger partial charge in [0, 0.05) is 239 Å². The zero-order chi connectivity index (χ0) is 94.7. The summed E-state index contributed by atoms with van der Waals surface area (Å²) in [4.78, 5) is 79.7. The number of benzene rings is 6. The van der Waals surface area contributed by atoms with Crippen LogP contribution in [0, 0.1) is 0 Å². The van der Waals surface area contributed by atoms with E-state index in [2.05, 4.69) is 180 Å². The third-order valence-corrected chi connectivity index (χ3v) is 25.0. The summed E-state index contributed by atoms with van der Waals surface area (Å²) in [5.74, 6) is -0.611. The van der Waals surface area contributed by atoms with Crippen LogP contribution in [-0.2, 0) is 30.5 Å². The maximum atomic E-state index is 12.8. The summed E-state index contributed by atoms with van der Waals surface area (Å²) in [5.41, 5.74) is 27.1. The van der Waals surface area contributed by atoms with Crippen LogP contribution in [0.3, 0.4) is 0 Å². The van der Waals surface area contributed by atoms with Crippen molar-refractivity contribution in [1.29, 1.82) is 0 Å². The number of fused-ring (bicyclic) bond motifs is 5. The molecule has 0 aliphatic rings. The van der Waals surface area contributed by atoms with Crippen LogP contribution in [0.4, 0.5) is 17.1 Å². The summed E-state index contributed by atoms with van der Waals surface area (Å²) >= 11 is 0. The Balaban J connectivity index is 0.000000118. The monoisotopic (exact) mass is 1850 g/mol. The molecule has 6 aromatic carbocycles. The Bertz CT molecular complexity index is 8020. The molecule has 15 aromatic heterocycles. The van der Waals surface area contributed by atoms with E-state index in [1.54, 1.807) is 86.7 Å². The van der Waals surface area contributed by atoms with Crippen LogP contribution in [0.1, 0.15) is 56.9 Å². The molecule has 1 amide bonds. The molecule has 0 atom stereocenters. The fourth-order valence-corrected chi connectivity index (χ4v) is 17.1. The molecular weight excluding hydrogens is 1750 g/mol. The second-order valence-corrected chi connectivity index (χ2v) is 36.2. The summed E-state index contributed by atoms with van der Waals surface area (Å²) in [7, 11) is 4.99. The van der Waals surface area contributed by atoms with Gasteiger partial charge in [-0.15, -0.1) is 0 Å². The zero-order valence-electron chi connectivity index (χ0n) is 75.6. The van der Waals surface area contributed by atoms with E-state index in [-0.39, 0.29) is 23.5 Å². The van der Waals surface area contributed by atoms with Crippen LogP contribution in [0.5, 0.6) is 0 Å². The molecule has 0 aliphatic carbocycles. The van der Waals surface area contributed by atoms with Gasteiger partial charge in [0.25, 0.3) is 37.5 Å². The number of hydrogen-bond donors (Lipinski definition) is 8. The standard InChI is InChI=1S/C25H23N5O2S.C20H19N5O.C19H19N5O2S.C19H17N5O.C19H16N4O2/c1-29(2)22-10-8-19(9-11-22)20-12-23-24(15-27-25(23)26-13-20)21-14-28-30(16-21)33(31,32)17-18-6-4-3-5-7-18;1-2-7-21-20(26)14-5-3-13(4-6-14)15-8-17-18(16-10-24-25-11-16)12-23-19(17)22-9-15;1-23(2)16-6-4-13(5-7-16)14-8-17-18(11-21-19(17)20-9-14)15-10-22-24(12-15)27(3,25)26;1-23(2)15-8-16-17(11-21-18(16)20-10-15)14-9-22-24(12-14)19(25)13-6-4-3-5-7-13;1-2-25-19(24)13-5-3-12(4-6-13)14-7-16-17(15-9-22-23-10-15)11-21-18(16)20-8-14/h3-16H,17H2,1-2H3,(H,26,27);3-6,8-12H,2,7H2,1H3,(H,21,26)(H,22,23)(H,24,25);4-12H,1-3H3,(H,20,21);3-12H,1-2H3,(H,20,21);3-11H,2H2,1H3,(H,20,21)(H,22,23)/p+1. The van der Waals surface area contributed by atoms with Crippen molar-refractivity contribution in [2.24, 2.45) is 0 Å². The number of ether oxygens (including phenoxy) is 1. The van der Waals surface area contributed by atoms with Gasteiger partial charge in [-0.3, -0.25) is 19.8 Å². The quantitative estimate of drug-likeness (QED) is 0.0292. The van der Waals surface area contributed by atoms with Crippen LogP contribution >= 0.6 is 0 Å². The molecule has 0 radical (unpaired) electrons. The summed E-state index contributed by atoms with van der Waals surface area (Å²) < 4.78 is 57.4. The van der Waals surface area contributed by atoms with Gasteiger partial charge in [-0.25, -0.2) is 56.2 Å². The van der Waals surface area contributed by atoms with E-state index in [4.69, 9.17) is 4.74 Å². The minimum atomic E-state index is -3.62. The number of aromatic nitrogens is 20. The minimum Gasteiger partial charge on any atom is -0.462 e. The molecule has 21 rings (SSSR count). The second-order valence-electron chi connectivity index (χ2n) is 32.6. The third-order valence-electron chi connectivity index (χ3n) is 22.7. The molecule has 21 aromatic rings. The molecule has 0 unspecified atom stereocenters. The van der Waals surface area contributed by atoms with E-state index in [0.717, 1.165) is 188 Å². The van der Waals surface area contributed by atoms with Gasteiger partial charge in [0.05, 0.1) is 84.8 Å². The van der Waals surface area contributed by atoms with Crippen molar-refractivity contribution in [3.63, 3.8) is 0 Å². The van der Waals surface area contributed by atoms with Crippen molar-refractivity contribution in [1.82, 2.24) is 98.7 Å². The van der Waals surface area contributed by atoms with Crippen molar-refractivity contribution in [2.75, 3.05) is 76.4 Å². The Hall–Kier alpha value is -17.3. The van der Waals surface area contributed by atoms with Crippen LogP contribution in [0.15, 0.2) is 312 Å². The van der Waals surface area contributed by atoms with Gasteiger partial charge >= 0.3 is 5.97 Å². The molecule has 0 saturated heterocycles. The normalized spacial score (nSPS) is 11.3. The zero-order valence-corrected chi connectivity index (χ0v) is 77.2. The number of esters is 1. The lowest BCUT2D eigenvalue weighted by Gasteiger charge is -2.12. The number of rotatable bonds is 22. The molecule has 682 valence electrons. The van der Waals surface area contributed by atoms with Gasteiger partial charge in [-0.2, -0.15) is 33.7 Å². The van der Waals surface area contributed by atoms with Gasteiger partial charge in [-0.05, 0) is 132 Å². The Morgan fingerprint density at radius 1 is 0.397 bits per heavy atom. The Labute approximate surface area is 781 Å². The van der Waals surface area contributed by atoms with Gasteiger partial charge in [0.1, 0.15) is 28.8 Å². The number of carbonyl (C=O) groups excluding carboxylic acids is 3. The van der Waals surface area contributed by atoms with Gasteiger partial charge in [-0.1, -0.05) is 104 Å². The largest absolute Gasteiger partial charge is 0.462 e. The number of nitrogens with zero attached hydrogens (tertiary/aromatic N) is 15. The summed E-state index contributed by atoms with van der Waals surface area (Å²) in [5, 5.41) is 33.8. The van der Waals surface area contributed by atoms with Crippen molar-refractivity contribution in [3.8, 4) is 100 Å². The van der Waals surface area contributed by atoms with E-state index < -0.39 is 20.0 Å². The Kier molecular flexibility index (Phi) is 26.5. The first-order chi connectivity index (χ1) is 65.9. The van der Waals surface area contributed by atoms with Crippen molar-refractivity contribution in [3.05, 3.63) is 334 Å².